The van der Waals surface area contributed by atoms with Crippen molar-refractivity contribution in [3.05, 3.63) is 35.4 Å². The molecule has 1 aromatic rings. The van der Waals surface area contributed by atoms with Crippen LogP contribution in [-0.4, -0.2) is 30.1 Å². The van der Waals surface area contributed by atoms with Crippen LogP contribution in [-0.2, 0) is 13.0 Å². The Hall–Kier alpha value is -0.860. The van der Waals surface area contributed by atoms with Gasteiger partial charge in [0.25, 0.3) is 0 Å². The van der Waals surface area contributed by atoms with E-state index in [1.165, 1.54) is 37.1 Å². The number of nitrogens with one attached hydrogen (secondary N) is 1. The summed E-state index contributed by atoms with van der Waals surface area (Å²) in [7, 11) is 0. The number of hydrogen-bond donors (Lipinski definition) is 1. The van der Waals surface area contributed by atoms with Crippen LogP contribution in [0.5, 0.6) is 0 Å². The highest BCUT2D eigenvalue weighted by molar-refractivity contribution is 5.27. The number of benzene rings is 1. The molecular formula is C17H28N2. The molecule has 1 unspecified atom stereocenters. The Morgan fingerprint density at radius 2 is 2.00 bits per heavy atom. The Morgan fingerprint density at radius 3 is 2.68 bits per heavy atom. The molecule has 1 aliphatic heterocycles. The van der Waals surface area contributed by atoms with Gasteiger partial charge in [-0.1, -0.05) is 45.0 Å². The summed E-state index contributed by atoms with van der Waals surface area (Å²) in [6, 6.07) is 10.1. The summed E-state index contributed by atoms with van der Waals surface area (Å²) in [5.74, 6) is 0. The molecule has 1 saturated heterocycles. The Bertz CT molecular complexity index is 387. The third-order valence-corrected chi connectivity index (χ3v) is 3.97. The highest BCUT2D eigenvalue weighted by Crippen LogP contribution is 2.17. The molecule has 2 nitrogen and oxygen atoms in total. The molecule has 0 aromatic heterocycles. The van der Waals surface area contributed by atoms with Gasteiger partial charge in [0.1, 0.15) is 0 Å². The zero-order chi connectivity index (χ0) is 13.7. The summed E-state index contributed by atoms with van der Waals surface area (Å²) in [4.78, 5) is 2.61. The van der Waals surface area contributed by atoms with Crippen molar-refractivity contribution in [2.24, 2.45) is 0 Å². The second-order valence-corrected chi connectivity index (χ2v) is 6.02. The predicted molar refractivity (Wildman–Crippen MR) is 82.4 cm³/mol. The summed E-state index contributed by atoms with van der Waals surface area (Å²) in [6.07, 6.45) is 3.78. The minimum absolute atomic E-state index is 0.591. The van der Waals surface area contributed by atoms with Crippen LogP contribution in [0.15, 0.2) is 24.3 Å². The fourth-order valence-electron chi connectivity index (χ4n) is 3.10. The fraction of sp³-hybridized carbons (Fsp3) is 0.647. The molecule has 2 heteroatoms. The molecule has 0 spiro atoms. The molecule has 19 heavy (non-hydrogen) atoms. The zero-order valence-corrected chi connectivity index (χ0v) is 12.7. The standard InChI is InChI=1S/C17H28N2/c1-4-15-8-5-6-9-16(15)12-19-11-7-10-17(13-19)18-14(2)3/h5-6,8-9,14,17-18H,4,7,10-13H2,1-3H3. The second-order valence-electron chi connectivity index (χ2n) is 6.02. The molecule has 1 atom stereocenters. The monoisotopic (exact) mass is 260 g/mol. The lowest BCUT2D eigenvalue weighted by atomic mass is 10.0. The molecule has 1 heterocycles. The minimum Gasteiger partial charge on any atom is -0.311 e. The third kappa shape index (κ3) is 4.32. The zero-order valence-electron chi connectivity index (χ0n) is 12.7. The van der Waals surface area contributed by atoms with Crippen LogP contribution in [0.2, 0.25) is 0 Å². The minimum atomic E-state index is 0.591. The van der Waals surface area contributed by atoms with Crippen molar-refractivity contribution < 1.29 is 0 Å². The van der Waals surface area contributed by atoms with Gasteiger partial charge >= 0.3 is 0 Å². The van der Waals surface area contributed by atoms with Crippen molar-refractivity contribution >= 4 is 0 Å². The van der Waals surface area contributed by atoms with E-state index in [9.17, 15) is 0 Å². The van der Waals surface area contributed by atoms with Crippen molar-refractivity contribution in [2.45, 2.75) is 58.7 Å². The largest absolute Gasteiger partial charge is 0.311 e. The van der Waals surface area contributed by atoms with Crippen LogP contribution in [0.4, 0.5) is 0 Å². The summed E-state index contributed by atoms with van der Waals surface area (Å²) in [5, 5.41) is 3.68. The maximum absolute atomic E-state index is 3.68. The predicted octanol–water partition coefficient (Wildman–Crippen LogP) is 3.21. The first-order valence-electron chi connectivity index (χ1n) is 7.74. The van der Waals surface area contributed by atoms with Gasteiger partial charge in [0.15, 0.2) is 0 Å². The number of likely N-dealkylation sites (tertiary alicyclic amines) is 1. The number of piperidine rings is 1. The van der Waals surface area contributed by atoms with Crippen molar-refractivity contribution in [1.82, 2.24) is 10.2 Å². The van der Waals surface area contributed by atoms with E-state index in [0.29, 0.717) is 12.1 Å². The molecule has 1 aromatic carbocycles. The number of rotatable bonds is 5. The molecule has 0 aliphatic carbocycles. The quantitative estimate of drug-likeness (QED) is 0.874. The number of aryl methyl sites for hydroxylation is 1. The van der Waals surface area contributed by atoms with Gasteiger partial charge in [0.2, 0.25) is 0 Å². The Kier molecular flexibility index (Phi) is 5.41. The molecule has 2 rings (SSSR count). The van der Waals surface area contributed by atoms with Gasteiger partial charge in [-0.25, -0.2) is 0 Å². The highest BCUT2D eigenvalue weighted by atomic mass is 15.2. The SMILES string of the molecule is CCc1ccccc1CN1CCCC(NC(C)C)C1. The lowest BCUT2D eigenvalue weighted by molar-refractivity contribution is 0.178. The van der Waals surface area contributed by atoms with E-state index in [-0.39, 0.29) is 0 Å². The summed E-state index contributed by atoms with van der Waals surface area (Å²) in [5.41, 5.74) is 3.01. The van der Waals surface area contributed by atoms with Gasteiger partial charge in [-0.3, -0.25) is 4.90 Å². The third-order valence-electron chi connectivity index (χ3n) is 3.97. The van der Waals surface area contributed by atoms with E-state index >= 15 is 0 Å². The molecule has 1 N–H and O–H groups in total. The van der Waals surface area contributed by atoms with E-state index in [0.717, 1.165) is 13.0 Å². The first-order valence-corrected chi connectivity index (χ1v) is 7.74. The van der Waals surface area contributed by atoms with Gasteiger partial charge in [0, 0.05) is 25.2 Å². The highest BCUT2D eigenvalue weighted by Gasteiger charge is 2.20. The van der Waals surface area contributed by atoms with Gasteiger partial charge in [-0.15, -0.1) is 0 Å². The maximum Gasteiger partial charge on any atom is 0.0237 e. The lowest BCUT2D eigenvalue weighted by Gasteiger charge is -2.34. The fourth-order valence-corrected chi connectivity index (χ4v) is 3.10. The Morgan fingerprint density at radius 1 is 1.26 bits per heavy atom. The summed E-state index contributed by atoms with van der Waals surface area (Å²) >= 11 is 0. The average Bonchev–Trinajstić information content (AvgIpc) is 2.39. The van der Waals surface area contributed by atoms with Crippen molar-refractivity contribution in [3.8, 4) is 0 Å². The van der Waals surface area contributed by atoms with Crippen molar-refractivity contribution in [2.75, 3.05) is 13.1 Å². The van der Waals surface area contributed by atoms with E-state index < -0.39 is 0 Å². The van der Waals surface area contributed by atoms with Gasteiger partial charge in [-0.2, -0.15) is 0 Å². The molecular weight excluding hydrogens is 232 g/mol. The molecule has 0 amide bonds. The van der Waals surface area contributed by atoms with E-state index in [1.54, 1.807) is 0 Å². The smallest absolute Gasteiger partial charge is 0.0237 e. The summed E-state index contributed by atoms with van der Waals surface area (Å²) < 4.78 is 0. The van der Waals surface area contributed by atoms with Crippen LogP contribution in [0.3, 0.4) is 0 Å². The number of hydrogen-bond acceptors (Lipinski definition) is 2. The van der Waals surface area contributed by atoms with Gasteiger partial charge in [-0.05, 0) is 36.9 Å². The van der Waals surface area contributed by atoms with Gasteiger partial charge in [0.05, 0.1) is 0 Å². The average molecular weight is 260 g/mol. The van der Waals surface area contributed by atoms with E-state index in [1.807, 2.05) is 0 Å². The van der Waals surface area contributed by atoms with E-state index in [4.69, 9.17) is 0 Å². The van der Waals surface area contributed by atoms with Crippen molar-refractivity contribution in [3.63, 3.8) is 0 Å². The molecule has 0 radical (unpaired) electrons. The Balaban J connectivity index is 1.95. The number of nitrogens with zero attached hydrogens (tertiary/aromatic N) is 1. The van der Waals surface area contributed by atoms with E-state index in [2.05, 4.69) is 55.3 Å². The van der Waals surface area contributed by atoms with Crippen LogP contribution in [0.1, 0.15) is 44.7 Å². The van der Waals surface area contributed by atoms with Gasteiger partial charge < -0.3 is 5.32 Å². The topological polar surface area (TPSA) is 15.3 Å². The second kappa shape index (κ2) is 7.06. The molecule has 106 valence electrons. The molecule has 0 saturated carbocycles. The van der Waals surface area contributed by atoms with Crippen molar-refractivity contribution in [1.29, 1.82) is 0 Å². The van der Waals surface area contributed by atoms with Crippen LogP contribution >= 0.6 is 0 Å². The molecule has 1 fully saturated rings. The lowest BCUT2D eigenvalue weighted by Crippen LogP contribution is -2.47. The van der Waals surface area contributed by atoms with Crippen LogP contribution in [0.25, 0.3) is 0 Å². The molecule has 0 bridgehead atoms. The van der Waals surface area contributed by atoms with Crippen LogP contribution < -0.4 is 5.32 Å². The molecule has 1 aliphatic rings. The van der Waals surface area contributed by atoms with Crippen LogP contribution in [0, 0.1) is 0 Å². The normalized spacial score (nSPS) is 20.9. The summed E-state index contributed by atoms with van der Waals surface area (Å²) in [6.45, 7) is 10.3. The first kappa shape index (κ1) is 14.5. The maximum atomic E-state index is 3.68. The first-order chi connectivity index (χ1) is 9.19. The Labute approximate surface area is 118 Å².